The first-order valence-corrected chi connectivity index (χ1v) is 8.91. The van der Waals surface area contributed by atoms with Crippen LogP contribution < -0.4 is 0 Å². The second-order valence-electron chi connectivity index (χ2n) is 5.05. The molecule has 0 aliphatic rings. The lowest BCUT2D eigenvalue weighted by Crippen LogP contribution is -2.34. The van der Waals surface area contributed by atoms with Crippen molar-refractivity contribution in [2.24, 2.45) is 0 Å². The summed E-state index contributed by atoms with van der Waals surface area (Å²) in [4.78, 5) is 4.17. The summed E-state index contributed by atoms with van der Waals surface area (Å²) in [7, 11) is -2.13. The van der Waals surface area contributed by atoms with Crippen LogP contribution in [0.5, 0.6) is 0 Å². The third kappa shape index (κ3) is 4.29. The van der Waals surface area contributed by atoms with Gasteiger partial charge in [-0.2, -0.15) is 4.31 Å². The molecule has 0 amide bonds. The summed E-state index contributed by atoms with van der Waals surface area (Å²) in [5.74, 6) is 0. The van der Waals surface area contributed by atoms with E-state index in [9.17, 15) is 8.42 Å². The molecular formula is C16H19ClN2O3S. The molecule has 2 rings (SSSR count). The Morgan fingerprint density at radius 2 is 1.91 bits per heavy atom. The van der Waals surface area contributed by atoms with Gasteiger partial charge >= 0.3 is 0 Å². The monoisotopic (exact) mass is 354 g/mol. The van der Waals surface area contributed by atoms with Gasteiger partial charge in [-0.05, 0) is 42.3 Å². The zero-order valence-electron chi connectivity index (χ0n) is 13.1. The van der Waals surface area contributed by atoms with Crippen LogP contribution in [0.15, 0.2) is 47.6 Å². The van der Waals surface area contributed by atoms with E-state index in [2.05, 4.69) is 4.98 Å². The number of halogens is 1. The van der Waals surface area contributed by atoms with Gasteiger partial charge in [-0.3, -0.25) is 4.98 Å². The first-order valence-electron chi connectivity index (χ1n) is 7.10. The Morgan fingerprint density at radius 3 is 2.57 bits per heavy atom. The van der Waals surface area contributed by atoms with Crippen LogP contribution in [0.25, 0.3) is 0 Å². The van der Waals surface area contributed by atoms with Crippen LogP contribution in [0.4, 0.5) is 0 Å². The van der Waals surface area contributed by atoms with Crippen LogP contribution in [-0.4, -0.2) is 38.0 Å². The van der Waals surface area contributed by atoms with Crippen molar-refractivity contribution in [3.8, 4) is 0 Å². The van der Waals surface area contributed by atoms with Gasteiger partial charge < -0.3 is 4.74 Å². The Labute approximate surface area is 141 Å². The number of hydrogen-bond donors (Lipinski definition) is 0. The number of pyridine rings is 1. The minimum Gasteiger partial charge on any atom is -0.383 e. The normalized spacial score (nSPS) is 11.8. The Bertz CT molecular complexity index is 751. The highest BCUT2D eigenvalue weighted by molar-refractivity contribution is 7.89. The van der Waals surface area contributed by atoms with Crippen LogP contribution in [0, 0.1) is 6.92 Å². The maximum Gasteiger partial charge on any atom is 0.243 e. The summed E-state index contributed by atoms with van der Waals surface area (Å²) in [6.07, 6.45) is 3.28. The van der Waals surface area contributed by atoms with E-state index in [0.717, 1.165) is 5.56 Å². The summed E-state index contributed by atoms with van der Waals surface area (Å²) in [6.45, 7) is 2.52. The second-order valence-corrected chi connectivity index (χ2v) is 7.36. The van der Waals surface area contributed by atoms with Gasteiger partial charge in [-0.15, -0.1) is 0 Å². The molecule has 0 unspecified atom stereocenters. The van der Waals surface area contributed by atoms with Crippen LogP contribution in [0.3, 0.4) is 0 Å². The molecule has 124 valence electrons. The molecule has 0 saturated carbocycles. The number of benzene rings is 1. The van der Waals surface area contributed by atoms with Crippen molar-refractivity contribution in [1.82, 2.24) is 9.29 Å². The molecule has 1 aromatic carbocycles. The van der Waals surface area contributed by atoms with E-state index < -0.39 is 10.0 Å². The van der Waals surface area contributed by atoms with Crippen LogP contribution in [-0.2, 0) is 21.3 Å². The molecule has 5 nitrogen and oxygen atoms in total. The van der Waals surface area contributed by atoms with Crippen molar-refractivity contribution in [3.63, 3.8) is 0 Å². The van der Waals surface area contributed by atoms with Crippen molar-refractivity contribution < 1.29 is 13.2 Å². The van der Waals surface area contributed by atoms with E-state index in [1.165, 1.54) is 4.31 Å². The van der Waals surface area contributed by atoms with Gasteiger partial charge in [-0.25, -0.2) is 8.42 Å². The fourth-order valence-corrected chi connectivity index (χ4v) is 4.07. The van der Waals surface area contributed by atoms with Crippen molar-refractivity contribution in [2.75, 3.05) is 20.3 Å². The lowest BCUT2D eigenvalue weighted by Gasteiger charge is -2.23. The van der Waals surface area contributed by atoms with Crippen LogP contribution >= 0.6 is 11.6 Å². The van der Waals surface area contributed by atoms with Gasteiger partial charge in [0.2, 0.25) is 10.0 Å². The van der Waals surface area contributed by atoms with Gasteiger partial charge in [0.05, 0.1) is 11.5 Å². The second kappa shape index (κ2) is 7.88. The van der Waals surface area contributed by atoms with E-state index in [0.29, 0.717) is 17.2 Å². The van der Waals surface area contributed by atoms with Crippen LogP contribution in [0.1, 0.15) is 11.1 Å². The van der Waals surface area contributed by atoms with E-state index in [4.69, 9.17) is 16.3 Å². The van der Waals surface area contributed by atoms with Crippen molar-refractivity contribution in [2.45, 2.75) is 18.4 Å². The zero-order chi connectivity index (χ0) is 16.9. The predicted octanol–water partition coefficient (Wildman–Crippen LogP) is 2.88. The number of rotatable bonds is 7. The molecule has 0 bridgehead atoms. The van der Waals surface area contributed by atoms with Gasteiger partial charge in [0.25, 0.3) is 0 Å². The standard InChI is InChI=1S/C16H19ClN2O3S/c1-13-15(17)4-3-5-16(13)23(20,21)19(10-11-22-2)12-14-6-8-18-9-7-14/h3-9H,10-12H2,1-2H3. The number of sulfonamides is 1. The first-order chi connectivity index (χ1) is 11.0. The maximum absolute atomic E-state index is 13.0. The number of methoxy groups -OCH3 is 1. The third-order valence-electron chi connectivity index (χ3n) is 3.49. The van der Waals surface area contributed by atoms with E-state index in [1.807, 2.05) is 0 Å². The maximum atomic E-state index is 13.0. The largest absolute Gasteiger partial charge is 0.383 e. The summed E-state index contributed by atoms with van der Waals surface area (Å²) >= 11 is 6.07. The fraction of sp³-hybridized carbons (Fsp3) is 0.312. The minimum atomic E-state index is -3.68. The molecule has 0 fully saturated rings. The molecule has 1 heterocycles. The highest BCUT2D eigenvalue weighted by Gasteiger charge is 2.26. The Kier molecular flexibility index (Phi) is 6.12. The third-order valence-corrected chi connectivity index (χ3v) is 5.89. The van der Waals surface area contributed by atoms with Gasteiger partial charge in [0, 0.05) is 37.6 Å². The van der Waals surface area contributed by atoms with Crippen molar-refractivity contribution in [3.05, 3.63) is 58.9 Å². The summed E-state index contributed by atoms with van der Waals surface area (Å²) in [6, 6.07) is 8.48. The molecule has 0 spiro atoms. The quantitative estimate of drug-likeness (QED) is 0.767. The van der Waals surface area contributed by atoms with Crippen LogP contribution in [0.2, 0.25) is 5.02 Å². The molecule has 2 aromatic rings. The minimum absolute atomic E-state index is 0.218. The molecule has 23 heavy (non-hydrogen) atoms. The summed E-state index contributed by atoms with van der Waals surface area (Å²) < 4.78 is 32.5. The van der Waals surface area contributed by atoms with Crippen molar-refractivity contribution >= 4 is 21.6 Å². The number of aromatic nitrogens is 1. The Balaban J connectivity index is 2.38. The molecule has 0 aliphatic carbocycles. The molecule has 0 saturated heterocycles. The molecule has 1 aromatic heterocycles. The molecular weight excluding hydrogens is 336 g/mol. The van der Waals surface area contributed by atoms with Gasteiger partial charge in [0.1, 0.15) is 0 Å². The van der Waals surface area contributed by atoms with Gasteiger partial charge in [-0.1, -0.05) is 17.7 Å². The highest BCUT2D eigenvalue weighted by Crippen LogP contribution is 2.26. The predicted molar refractivity (Wildman–Crippen MR) is 89.9 cm³/mol. The van der Waals surface area contributed by atoms with E-state index in [1.54, 1.807) is 56.8 Å². The average Bonchev–Trinajstić information content (AvgIpc) is 2.54. The molecule has 7 heteroatoms. The topological polar surface area (TPSA) is 59.5 Å². The lowest BCUT2D eigenvalue weighted by atomic mass is 10.2. The Hall–Kier alpha value is -1.47. The first kappa shape index (κ1) is 17.9. The zero-order valence-corrected chi connectivity index (χ0v) is 14.6. The molecule has 0 atom stereocenters. The van der Waals surface area contributed by atoms with E-state index >= 15 is 0 Å². The Morgan fingerprint density at radius 1 is 1.22 bits per heavy atom. The lowest BCUT2D eigenvalue weighted by molar-refractivity contribution is 0.177. The summed E-state index contributed by atoms with van der Waals surface area (Å²) in [5, 5.41) is 0.432. The number of ether oxygens (including phenoxy) is 1. The molecule has 0 N–H and O–H groups in total. The average molecular weight is 355 g/mol. The van der Waals surface area contributed by atoms with Gasteiger partial charge in [0.15, 0.2) is 0 Å². The van der Waals surface area contributed by atoms with Crippen molar-refractivity contribution in [1.29, 1.82) is 0 Å². The SMILES string of the molecule is COCCN(Cc1ccncc1)S(=O)(=O)c1cccc(Cl)c1C. The number of hydrogen-bond acceptors (Lipinski definition) is 4. The smallest absolute Gasteiger partial charge is 0.243 e. The number of nitrogens with zero attached hydrogens (tertiary/aromatic N) is 2. The molecule has 0 radical (unpaired) electrons. The fourth-order valence-electron chi connectivity index (χ4n) is 2.18. The van der Waals surface area contributed by atoms with E-state index in [-0.39, 0.29) is 18.0 Å². The highest BCUT2D eigenvalue weighted by atomic mass is 35.5. The molecule has 0 aliphatic heterocycles. The summed E-state index contributed by atoms with van der Waals surface area (Å²) in [5.41, 5.74) is 1.41.